The number of phenols is 1. The number of para-hydroxylation sites is 1. The lowest BCUT2D eigenvalue weighted by atomic mass is 10.0. The monoisotopic (exact) mass is 310 g/mol. The molecule has 1 rings (SSSR count). The van der Waals surface area contributed by atoms with Crippen LogP contribution >= 0.6 is 0 Å². The van der Waals surface area contributed by atoms with Crippen molar-refractivity contribution in [1.82, 2.24) is 0 Å². The van der Waals surface area contributed by atoms with Crippen molar-refractivity contribution in [3.63, 3.8) is 0 Å². The summed E-state index contributed by atoms with van der Waals surface area (Å²) in [6.45, 7) is 4.10. The first kappa shape index (κ1) is 20.3. The summed E-state index contributed by atoms with van der Waals surface area (Å²) in [6.07, 6.45) is 9.08. The summed E-state index contributed by atoms with van der Waals surface area (Å²) in [7, 11) is 0. The number of benzene rings is 1. The topological polar surface area (TPSA) is 66.8 Å². The van der Waals surface area contributed by atoms with E-state index in [1.165, 1.54) is 44.9 Å². The third kappa shape index (κ3) is 12.1. The number of hydrogen-bond donors (Lipinski definition) is 2. The molecule has 0 aromatic heterocycles. The highest BCUT2D eigenvalue weighted by molar-refractivity contribution is 5.56. The lowest BCUT2D eigenvalue weighted by Gasteiger charge is -2.04. The van der Waals surface area contributed by atoms with Gasteiger partial charge >= 0.3 is 6.16 Å². The molecule has 0 unspecified atom stereocenters. The average molecular weight is 310 g/mol. The van der Waals surface area contributed by atoms with Crippen LogP contribution in [0.15, 0.2) is 24.3 Å². The maximum Gasteiger partial charge on any atom is 0.505 e. The number of phenolic OH excluding ortho intramolecular Hbond substituents is 1. The van der Waals surface area contributed by atoms with E-state index in [-0.39, 0.29) is 6.61 Å². The molecule has 0 aliphatic heterocycles. The largest absolute Gasteiger partial charge is 0.508 e. The normalized spacial score (nSPS) is 9.73. The smallest absolute Gasteiger partial charge is 0.505 e. The van der Waals surface area contributed by atoms with Crippen molar-refractivity contribution >= 4 is 6.16 Å². The van der Waals surface area contributed by atoms with Crippen LogP contribution in [-0.2, 0) is 11.2 Å². The lowest BCUT2D eigenvalue weighted by Crippen LogP contribution is -1.97. The Morgan fingerprint density at radius 3 is 2.09 bits per heavy atom. The maximum atomic E-state index is 9.58. The Balaban J connectivity index is 0.000000626. The van der Waals surface area contributed by atoms with Crippen LogP contribution in [0.4, 0.5) is 4.79 Å². The summed E-state index contributed by atoms with van der Waals surface area (Å²) >= 11 is 0. The quantitative estimate of drug-likeness (QED) is 0.474. The van der Waals surface area contributed by atoms with Crippen LogP contribution in [0.3, 0.4) is 0 Å². The van der Waals surface area contributed by atoms with E-state index in [9.17, 15) is 9.90 Å². The van der Waals surface area contributed by atoms with Gasteiger partial charge in [-0.05, 0) is 31.4 Å². The standard InChI is InChI=1S/C15H24O.C3H6O3/c1-2-3-4-5-6-7-8-11-14-12-9-10-13-15(14)16;1-2-6-3(4)5/h9-10,12-13,16H,2-8,11H2,1H3;2H2,1H3,(H,4,5). The summed E-state index contributed by atoms with van der Waals surface area (Å²) in [5.41, 5.74) is 1.09. The minimum absolute atomic E-state index is 0.231. The van der Waals surface area contributed by atoms with Crippen molar-refractivity contribution < 1.29 is 19.7 Å². The molecule has 0 bridgehead atoms. The second-order valence-corrected chi connectivity index (χ2v) is 5.20. The van der Waals surface area contributed by atoms with Crippen LogP contribution in [0.5, 0.6) is 5.75 Å². The fourth-order valence-electron chi connectivity index (χ4n) is 2.12. The predicted molar refractivity (Wildman–Crippen MR) is 89.5 cm³/mol. The molecule has 0 atom stereocenters. The average Bonchev–Trinajstić information content (AvgIpc) is 2.48. The van der Waals surface area contributed by atoms with E-state index in [4.69, 9.17) is 5.11 Å². The van der Waals surface area contributed by atoms with Crippen molar-refractivity contribution in [2.24, 2.45) is 0 Å². The molecule has 2 N–H and O–H groups in total. The van der Waals surface area contributed by atoms with E-state index in [2.05, 4.69) is 11.7 Å². The molecule has 4 nitrogen and oxygen atoms in total. The molecule has 0 spiro atoms. The Bertz CT molecular complexity index is 390. The van der Waals surface area contributed by atoms with Gasteiger partial charge in [0.25, 0.3) is 0 Å². The van der Waals surface area contributed by atoms with Gasteiger partial charge in [-0.3, -0.25) is 0 Å². The molecule has 1 aromatic rings. The van der Waals surface area contributed by atoms with E-state index < -0.39 is 6.16 Å². The molecule has 22 heavy (non-hydrogen) atoms. The molecule has 0 saturated carbocycles. The Labute approximate surface area is 134 Å². The van der Waals surface area contributed by atoms with Crippen LogP contribution in [0, 0.1) is 0 Å². The van der Waals surface area contributed by atoms with E-state index in [0.717, 1.165) is 12.0 Å². The number of carboxylic acid groups (broad SMARTS) is 1. The highest BCUT2D eigenvalue weighted by Gasteiger charge is 1.98. The molecule has 126 valence electrons. The second-order valence-electron chi connectivity index (χ2n) is 5.20. The van der Waals surface area contributed by atoms with Crippen molar-refractivity contribution in [3.05, 3.63) is 29.8 Å². The number of unbranched alkanes of at least 4 members (excludes halogenated alkanes) is 6. The molecule has 0 saturated heterocycles. The molecule has 0 aliphatic rings. The highest BCUT2D eigenvalue weighted by atomic mass is 16.7. The number of aryl methyl sites for hydroxylation is 1. The van der Waals surface area contributed by atoms with Crippen molar-refractivity contribution in [3.8, 4) is 5.75 Å². The fraction of sp³-hybridized carbons (Fsp3) is 0.611. The van der Waals surface area contributed by atoms with Gasteiger partial charge in [-0.2, -0.15) is 0 Å². The van der Waals surface area contributed by atoms with Crippen molar-refractivity contribution in [2.75, 3.05) is 6.61 Å². The van der Waals surface area contributed by atoms with Gasteiger partial charge in [-0.15, -0.1) is 0 Å². The molecule has 0 amide bonds. The highest BCUT2D eigenvalue weighted by Crippen LogP contribution is 2.18. The first-order valence-electron chi connectivity index (χ1n) is 8.24. The molecule has 4 heteroatoms. The van der Waals surface area contributed by atoms with E-state index >= 15 is 0 Å². The third-order valence-electron chi connectivity index (χ3n) is 3.31. The second kappa shape index (κ2) is 14.2. The number of rotatable bonds is 9. The minimum Gasteiger partial charge on any atom is -0.508 e. The lowest BCUT2D eigenvalue weighted by molar-refractivity contribution is 0.0966. The predicted octanol–water partition coefficient (Wildman–Crippen LogP) is 5.39. The van der Waals surface area contributed by atoms with Gasteiger partial charge in [0.2, 0.25) is 0 Å². The van der Waals surface area contributed by atoms with Gasteiger partial charge < -0.3 is 14.9 Å². The molecule has 1 aromatic carbocycles. The van der Waals surface area contributed by atoms with Crippen LogP contribution in [-0.4, -0.2) is 23.0 Å². The van der Waals surface area contributed by atoms with Crippen molar-refractivity contribution in [2.45, 2.75) is 65.2 Å². The Kier molecular flexibility index (Phi) is 13.1. The van der Waals surface area contributed by atoms with Crippen LogP contribution in [0.2, 0.25) is 0 Å². The van der Waals surface area contributed by atoms with Crippen molar-refractivity contribution in [1.29, 1.82) is 0 Å². The van der Waals surface area contributed by atoms with Gasteiger partial charge in [0.15, 0.2) is 0 Å². The number of aromatic hydroxyl groups is 1. The molecule has 0 heterocycles. The zero-order valence-corrected chi connectivity index (χ0v) is 13.9. The Morgan fingerprint density at radius 2 is 1.59 bits per heavy atom. The zero-order valence-electron chi connectivity index (χ0n) is 13.9. The molecular weight excluding hydrogens is 280 g/mol. The van der Waals surface area contributed by atoms with Crippen LogP contribution in [0.25, 0.3) is 0 Å². The Hall–Kier alpha value is -1.71. The molecule has 0 radical (unpaired) electrons. The summed E-state index contributed by atoms with van der Waals surface area (Å²) in [6, 6.07) is 7.67. The zero-order chi connectivity index (χ0) is 16.6. The van der Waals surface area contributed by atoms with Gasteiger partial charge in [-0.1, -0.05) is 63.6 Å². The molecule has 0 fully saturated rings. The minimum atomic E-state index is -1.21. The Morgan fingerprint density at radius 1 is 1.00 bits per heavy atom. The first-order valence-corrected chi connectivity index (χ1v) is 8.24. The van der Waals surface area contributed by atoms with Crippen LogP contribution < -0.4 is 0 Å². The molecule has 0 aliphatic carbocycles. The van der Waals surface area contributed by atoms with Gasteiger partial charge in [0.1, 0.15) is 5.75 Å². The van der Waals surface area contributed by atoms with E-state index in [1.54, 1.807) is 13.0 Å². The number of hydrogen-bond acceptors (Lipinski definition) is 3. The third-order valence-corrected chi connectivity index (χ3v) is 3.31. The first-order chi connectivity index (χ1) is 10.6. The van der Waals surface area contributed by atoms with E-state index in [0.29, 0.717) is 5.75 Å². The summed E-state index contributed by atoms with van der Waals surface area (Å²) in [5.74, 6) is 0.452. The van der Waals surface area contributed by atoms with Gasteiger partial charge in [-0.25, -0.2) is 4.79 Å². The summed E-state index contributed by atoms with van der Waals surface area (Å²) < 4.78 is 3.96. The van der Waals surface area contributed by atoms with Gasteiger partial charge in [0, 0.05) is 0 Å². The summed E-state index contributed by atoms with van der Waals surface area (Å²) in [4.78, 5) is 9.38. The maximum absolute atomic E-state index is 9.58. The van der Waals surface area contributed by atoms with Gasteiger partial charge in [0.05, 0.1) is 6.61 Å². The number of ether oxygens (including phenoxy) is 1. The molecular formula is C18H30O4. The van der Waals surface area contributed by atoms with E-state index in [1.807, 2.05) is 18.2 Å². The summed E-state index contributed by atoms with van der Waals surface area (Å²) in [5, 5.41) is 17.3. The number of carbonyl (C=O) groups is 1. The van der Waals surface area contributed by atoms with Crippen LogP contribution in [0.1, 0.15) is 64.4 Å². The fourth-order valence-corrected chi connectivity index (χ4v) is 2.12. The SMILES string of the molecule is CCCCCCCCCc1ccccc1O.CCOC(=O)O.